The zero-order valence-electron chi connectivity index (χ0n) is 17.9. The number of hydrogen-bond donors (Lipinski definition) is 2. The average Bonchev–Trinajstić information content (AvgIpc) is 2.79. The Morgan fingerprint density at radius 1 is 1.07 bits per heavy atom. The maximum atomic E-state index is 5.66. The molecule has 0 atom stereocenters. The Bertz CT molecular complexity index is 983. The van der Waals surface area contributed by atoms with Gasteiger partial charge in [-0.05, 0) is 49.1 Å². The maximum absolute atomic E-state index is 5.66. The van der Waals surface area contributed by atoms with Crippen LogP contribution in [0.2, 0.25) is 0 Å². The van der Waals surface area contributed by atoms with E-state index in [1.54, 1.807) is 14.2 Å². The van der Waals surface area contributed by atoms with Crippen molar-refractivity contribution < 1.29 is 9.47 Å². The van der Waals surface area contributed by atoms with Gasteiger partial charge >= 0.3 is 0 Å². The van der Waals surface area contributed by atoms with Gasteiger partial charge < -0.3 is 20.1 Å². The fourth-order valence-corrected chi connectivity index (χ4v) is 3.35. The summed E-state index contributed by atoms with van der Waals surface area (Å²) in [6.45, 7) is 4.09. The van der Waals surface area contributed by atoms with Crippen LogP contribution in [-0.2, 0) is 13.0 Å². The number of aromatic nitrogens is 1. The van der Waals surface area contributed by atoms with Crippen LogP contribution in [0.4, 0.5) is 0 Å². The van der Waals surface area contributed by atoms with Gasteiger partial charge in [0.05, 0.1) is 19.2 Å². The van der Waals surface area contributed by atoms with E-state index in [1.165, 1.54) is 5.56 Å². The molecule has 3 rings (SSSR count). The molecule has 3 aromatic rings. The molecule has 0 bridgehead atoms. The van der Waals surface area contributed by atoms with Crippen LogP contribution in [-0.4, -0.2) is 38.3 Å². The van der Waals surface area contributed by atoms with Crippen LogP contribution in [0.1, 0.15) is 24.5 Å². The second-order valence-electron chi connectivity index (χ2n) is 6.87. The van der Waals surface area contributed by atoms with E-state index in [9.17, 15) is 0 Å². The van der Waals surface area contributed by atoms with Crippen molar-refractivity contribution in [2.24, 2.45) is 4.99 Å². The number of nitrogens with one attached hydrogen (secondary N) is 2. The van der Waals surface area contributed by atoms with Crippen LogP contribution in [0.3, 0.4) is 0 Å². The van der Waals surface area contributed by atoms with Gasteiger partial charge in [0, 0.05) is 31.7 Å². The lowest BCUT2D eigenvalue weighted by Crippen LogP contribution is -2.37. The third kappa shape index (κ3) is 5.63. The Morgan fingerprint density at radius 2 is 1.93 bits per heavy atom. The number of aliphatic imine (C=N–C) groups is 1. The van der Waals surface area contributed by atoms with Gasteiger partial charge in [-0.3, -0.25) is 9.98 Å². The third-order valence-electron chi connectivity index (χ3n) is 4.85. The lowest BCUT2D eigenvalue weighted by atomic mass is 10.1. The third-order valence-corrected chi connectivity index (χ3v) is 4.85. The molecule has 2 N–H and O–H groups in total. The minimum absolute atomic E-state index is 0.621. The molecule has 0 amide bonds. The van der Waals surface area contributed by atoms with Crippen molar-refractivity contribution in [3.8, 4) is 11.5 Å². The van der Waals surface area contributed by atoms with E-state index < -0.39 is 0 Å². The van der Waals surface area contributed by atoms with Crippen molar-refractivity contribution in [1.82, 2.24) is 15.6 Å². The monoisotopic (exact) mass is 406 g/mol. The van der Waals surface area contributed by atoms with Gasteiger partial charge in [-0.15, -0.1) is 0 Å². The van der Waals surface area contributed by atoms with Gasteiger partial charge in [0.25, 0.3) is 0 Å². The molecular formula is C24H30N4O2. The number of fused-ring (bicyclic) bond motifs is 1. The first-order valence-electron chi connectivity index (χ1n) is 10.3. The molecular weight excluding hydrogens is 376 g/mol. The van der Waals surface area contributed by atoms with E-state index in [4.69, 9.17) is 9.47 Å². The Kier molecular flexibility index (Phi) is 7.89. The van der Waals surface area contributed by atoms with E-state index in [0.717, 1.165) is 53.3 Å². The molecule has 0 aliphatic rings. The SMILES string of the molecule is CCOc1cc(CCCNC(=NC)NCc2cccc3cccnc23)ccc1OC. The van der Waals surface area contributed by atoms with Crippen LogP contribution in [0, 0.1) is 0 Å². The average molecular weight is 407 g/mol. The van der Waals surface area contributed by atoms with Crippen LogP contribution in [0.15, 0.2) is 59.7 Å². The quantitative estimate of drug-likeness (QED) is 0.320. The summed E-state index contributed by atoms with van der Waals surface area (Å²) >= 11 is 0. The molecule has 0 spiro atoms. The first-order valence-corrected chi connectivity index (χ1v) is 10.3. The maximum Gasteiger partial charge on any atom is 0.191 e. The van der Waals surface area contributed by atoms with E-state index in [2.05, 4.69) is 57.0 Å². The highest BCUT2D eigenvalue weighted by molar-refractivity contribution is 5.83. The first kappa shape index (κ1) is 21.4. The lowest BCUT2D eigenvalue weighted by molar-refractivity contribution is 0.310. The standard InChI is InChI=1S/C24H30N4O2/c1-4-30-22-16-18(12-13-21(22)29-3)8-6-15-27-24(25-2)28-17-20-10-5-9-19-11-7-14-26-23(19)20/h5,7,9-14,16H,4,6,8,15,17H2,1-3H3,(H2,25,27,28). The molecule has 6 heteroatoms. The highest BCUT2D eigenvalue weighted by Gasteiger charge is 2.06. The first-order chi connectivity index (χ1) is 14.7. The number of ether oxygens (including phenoxy) is 2. The number of guanidine groups is 1. The van der Waals surface area contributed by atoms with Gasteiger partial charge in [0.2, 0.25) is 0 Å². The van der Waals surface area contributed by atoms with Gasteiger partial charge in [0.15, 0.2) is 17.5 Å². The van der Waals surface area contributed by atoms with Crippen molar-refractivity contribution >= 4 is 16.9 Å². The summed E-state index contributed by atoms with van der Waals surface area (Å²) in [6, 6.07) is 16.4. The highest BCUT2D eigenvalue weighted by atomic mass is 16.5. The summed E-state index contributed by atoms with van der Waals surface area (Å²) in [5.74, 6) is 2.35. The summed E-state index contributed by atoms with van der Waals surface area (Å²) in [5.41, 5.74) is 3.40. The number of aryl methyl sites for hydroxylation is 1. The molecule has 0 saturated carbocycles. The topological polar surface area (TPSA) is 67.8 Å². The summed E-state index contributed by atoms with van der Waals surface area (Å²) in [5, 5.41) is 7.91. The second kappa shape index (κ2) is 11.0. The molecule has 158 valence electrons. The van der Waals surface area contributed by atoms with Gasteiger partial charge in [-0.25, -0.2) is 0 Å². The van der Waals surface area contributed by atoms with Crippen molar-refractivity contribution in [3.63, 3.8) is 0 Å². The molecule has 6 nitrogen and oxygen atoms in total. The van der Waals surface area contributed by atoms with Crippen molar-refractivity contribution in [1.29, 1.82) is 0 Å². The fraction of sp³-hybridized carbons (Fsp3) is 0.333. The van der Waals surface area contributed by atoms with Crippen LogP contribution in [0.5, 0.6) is 11.5 Å². The summed E-state index contributed by atoms with van der Waals surface area (Å²) in [6.07, 6.45) is 3.75. The largest absolute Gasteiger partial charge is 0.493 e. The Hall–Kier alpha value is -3.28. The molecule has 0 saturated heterocycles. The number of hydrogen-bond acceptors (Lipinski definition) is 4. The number of pyridine rings is 1. The summed E-state index contributed by atoms with van der Waals surface area (Å²) in [7, 11) is 3.45. The lowest BCUT2D eigenvalue weighted by Gasteiger charge is -2.13. The van der Waals surface area contributed by atoms with Gasteiger partial charge in [-0.1, -0.05) is 30.3 Å². The normalized spacial score (nSPS) is 11.4. The van der Waals surface area contributed by atoms with Crippen molar-refractivity contribution in [3.05, 3.63) is 65.9 Å². The number of rotatable bonds is 9. The fourth-order valence-electron chi connectivity index (χ4n) is 3.35. The Morgan fingerprint density at radius 3 is 2.73 bits per heavy atom. The minimum Gasteiger partial charge on any atom is -0.493 e. The van der Waals surface area contributed by atoms with Gasteiger partial charge in [0.1, 0.15) is 0 Å². The molecule has 30 heavy (non-hydrogen) atoms. The van der Waals surface area contributed by atoms with Crippen LogP contribution in [0.25, 0.3) is 10.9 Å². The van der Waals surface area contributed by atoms with Crippen LogP contribution >= 0.6 is 0 Å². The summed E-state index contributed by atoms with van der Waals surface area (Å²) < 4.78 is 11.0. The molecule has 1 heterocycles. The second-order valence-corrected chi connectivity index (χ2v) is 6.87. The minimum atomic E-state index is 0.621. The van der Waals surface area contributed by atoms with E-state index in [1.807, 2.05) is 25.3 Å². The van der Waals surface area contributed by atoms with E-state index in [-0.39, 0.29) is 0 Å². The highest BCUT2D eigenvalue weighted by Crippen LogP contribution is 2.28. The number of benzene rings is 2. The molecule has 0 unspecified atom stereocenters. The Balaban J connectivity index is 1.48. The molecule has 0 aliphatic heterocycles. The zero-order chi connectivity index (χ0) is 21.2. The van der Waals surface area contributed by atoms with Gasteiger partial charge in [-0.2, -0.15) is 0 Å². The Labute approximate surface area is 178 Å². The van der Waals surface area contributed by atoms with Crippen LogP contribution < -0.4 is 20.1 Å². The zero-order valence-corrected chi connectivity index (χ0v) is 17.9. The number of para-hydroxylation sites is 1. The molecule has 2 aromatic carbocycles. The number of methoxy groups -OCH3 is 1. The molecule has 0 fully saturated rings. The van der Waals surface area contributed by atoms with E-state index in [0.29, 0.717) is 13.2 Å². The predicted molar refractivity (Wildman–Crippen MR) is 122 cm³/mol. The van der Waals surface area contributed by atoms with Crippen molar-refractivity contribution in [2.75, 3.05) is 27.3 Å². The smallest absolute Gasteiger partial charge is 0.191 e. The number of nitrogens with zero attached hydrogens (tertiary/aromatic N) is 2. The molecule has 0 aliphatic carbocycles. The summed E-state index contributed by atoms with van der Waals surface area (Å²) in [4.78, 5) is 8.83. The molecule has 0 radical (unpaired) electrons. The van der Waals surface area contributed by atoms with Crippen molar-refractivity contribution in [2.45, 2.75) is 26.3 Å². The van der Waals surface area contributed by atoms with E-state index >= 15 is 0 Å². The predicted octanol–water partition coefficient (Wildman–Crippen LogP) is 3.94. The molecule has 1 aromatic heterocycles.